The fourth-order valence-corrected chi connectivity index (χ4v) is 4.08. The number of nitrogens with zero attached hydrogens (tertiary/aromatic N) is 2. The van der Waals surface area contributed by atoms with E-state index in [1.165, 1.54) is 12.8 Å². The van der Waals surface area contributed by atoms with Crippen molar-refractivity contribution in [2.24, 2.45) is 11.8 Å². The first-order valence-corrected chi connectivity index (χ1v) is 8.70. The van der Waals surface area contributed by atoms with Crippen molar-refractivity contribution in [3.8, 4) is 0 Å². The molecule has 2 saturated heterocycles. The fourth-order valence-electron chi connectivity index (χ4n) is 3.90. The Bertz CT molecular complexity index is 565. The van der Waals surface area contributed by atoms with Crippen molar-refractivity contribution in [2.45, 2.75) is 25.7 Å². The molecule has 0 saturated carbocycles. The maximum absolute atomic E-state index is 11.0. The van der Waals surface area contributed by atoms with Gasteiger partial charge in [-0.25, -0.2) is 4.79 Å². The molecule has 1 amide bonds. The topological polar surface area (TPSA) is 69.8 Å². The van der Waals surface area contributed by atoms with Gasteiger partial charge in [-0.05, 0) is 55.7 Å². The number of nitrogen functional groups attached to an aromatic ring is 1. The standard InChI is InChI=1S/C17H24ClN3O2/c18-15-11-14(1-2-16(15)19)20-7-3-12(4-8-20)13-5-9-21(10-6-13)17(22)23/h1-2,11-13H,3-10,19H2,(H,22,23). The predicted molar refractivity (Wildman–Crippen MR) is 93.1 cm³/mol. The van der Waals surface area contributed by atoms with E-state index in [0.29, 0.717) is 35.6 Å². The summed E-state index contributed by atoms with van der Waals surface area (Å²) in [7, 11) is 0. The Morgan fingerprint density at radius 1 is 1.09 bits per heavy atom. The number of anilines is 2. The molecular formula is C17H24ClN3O2. The van der Waals surface area contributed by atoms with Crippen LogP contribution >= 0.6 is 11.6 Å². The zero-order chi connectivity index (χ0) is 16.4. The van der Waals surface area contributed by atoms with Crippen molar-refractivity contribution in [1.29, 1.82) is 0 Å². The molecule has 0 bridgehead atoms. The number of likely N-dealkylation sites (tertiary alicyclic amines) is 1. The smallest absolute Gasteiger partial charge is 0.407 e. The monoisotopic (exact) mass is 337 g/mol. The molecule has 126 valence electrons. The summed E-state index contributed by atoms with van der Waals surface area (Å²) >= 11 is 6.12. The highest BCUT2D eigenvalue weighted by Crippen LogP contribution is 2.35. The Morgan fingerprint density at radius 2 is 1.65 bits per heavy atom. The highest BCUT2D eigenvalue weighted by molar-refractivity contribution is 6.33. The van der Waals surface area contributed by atoms with Gasteiger partial charge in [-0.2, -0.15) is 0 Å². The van der Waals surface area contributed by atoms with Crippen LogP contribution in [0, 0.1) is 11.8 Å². The highest BCUT2D eigenvalue weighted by atomic mass is 35.5. The summed E-state index contributed by atoms with van der Waals surface area (Å²) in [4.78, 5) is 14.9. The first-order chi connectivity index (χ1) is 11.0. The third-order valence-electron chi connectivity index (χ3n) is 5.37. The van der Waals surface area contributed by atoms with Crippen molar-refractivity contribution in [3.05, 3.63) is 23.2 Å². The van der Waals surface area contributed by atoms with Gasteiger partial charge in [0.1, 0.15) is 0 Å². The number of carboxylic acid groups (broad SMARTS) is 1. The molecule has 1 aromatic carbocycles. The Kier molecular flexibility index (Phi) is 4.85. The number of piperidine rings is 2. The molecule has 2 heterocycles. The predicted octanol–water partition coefficient (Wildman–Crippen LogP) is 3.53. The summed E-state index contributed by atoms with van der Waals surface area (Å²) in [6.45, 7) is 3.44. The zero-order valence-electron chi connectivity index (χ0n) is 13.2. The van der Waals surface area contributed by atoms with Crippen molar-refractivity contribution < 1.29 is 9.90 Å². The molecule has 6 heteroatoms. The van der Waals surface area contributed by atoms with Gasteiger partial charge in [0.05, 0.1) is 10.7 Å². The van der Waals surface area contributed by atoms with Gasteiger partial charge < -0.3 is 20.6 Å². The van der Waals surface area contributed by atoms with Crippen LogP contribution in [0.1, 0.15) is 25.7 Å². The number of rotatable bonds is 2. The maximum Gasteiger partial charge on any atom is 0.407 e. The van der Waals surface area contributed by atoms with Crippen molar-refractivity contribution in [3.63, 3.8) is 0 Å². The lowest BCUT2D eigenvalue weighted by molar-refractivity contribution is 0.107. The van der Waals surface area contributed by atoms with Crippen molar-refractivity contribution >= 4 is 29.1 Å². The molecule has 0 atom stereocenters. The molecule has 2 aliphatic heterocycles. The van der Waals surface area contributed by atoms with E-state index in [4.69, 9.17) is 22.4 Å². The van der Waals surface area contributed by atoms with Crippen LogP contribution in [0.4, 0.5) is 16.2 Å². The van der Waals surface area contributed by atoms with E-state index < -0.39 is 6.09 Å². The second kappa shape index (κ2) is 6.87. The summed E-state index contributed by atoms with van der Waals surface area (Å²) < 4.78 is 0. The minimum atomic E-state index is -0.779. The van der Waals surface area contributed by atoms with Crippen LogP contribution in [0.5, 0.6) is 0 Å². The molecule has 23 heavy (non-hydrogen) atoms. The van der Waals surface area contributed by atoms with Gasteiger partial charge >= 0.3 is 6.09 Å². The van der Waals surface area contributed by atoms with Gasteiger partial charge in [-0.15, -0.1) is 0 Å². The van der Waals surface area contributed by atoms with Crippen LogP contribution in [-0.2, 0) is 0 Å². The Labute approximate surface area is 142 Å². The number of hydrogen-bond acceptors (Lipinski definition) is 3. The molecule has 0 radical (unpaired) electrons. The normalized spacial score (nSPS) is 20.7. The van der Waals surface area contributed by atoms with Crippen LogP contribution in [0.25, 0.3) is 0 Å². The van der Waals surface area contributed by atoms with E-state index in [0.717, 1.165) is 31.6 Å². The van der Waals surface area contributed by atoms with E-state index in [9.17, 15) is 4.79 Å². The molecule has 0 spiro atoms. The zero-order valence-corrected chi connectivity index (χ0v) is 14.0. The average molecular weight is 338 g/mol. The summed E-state index contributed by atoms with van der Waals surface area (Å²) in [5, 5.41) is 9.65. The highest BCUT2D eigenvalue weighted by Gasteiger charge is 2.30. The number of nitrogens with two attached hydrogens (primary N) is 1. The molecule has 5 nitrogen and oxygen atoms in total. The van der Waals surface area contributed by atoms with E-state index in [2.05, 4.69) is 4.90 Å². The third-order valence-corrected chi connectivity index (χ3v) is 5.69. The quantitative estimate of drug-likeness (QED) is 0.810. The maximum atomic E-state index is 11.0. The lowest BCUT2D eigenvalue weighted by Crippen LogP contribution is -2.42. The van der Waals surface area contributed by atoms with Crippen LogP contribution in [0.2, 0.25) is 5.02 Å². The number of amides is 1. The number of halogens is 1. The molecule has 1 aromatic rings. The van der Waals surface area contributed by atoms with Crippen LogP contribution < -0.4 is 10.6 Å². The molecule has 0 aliphatic carbocycles. The van der Waals surface area contributed by atoms with Gasteiger partial charge in [0.15, 0.2) is 0 Å². The summed E-state index contributed by atoms with van der Waals surface area (Å²) in [5.41, 5.74) is 7.54. The molecular weight excluding hydrogens is 314 g/mol. The third kappa shape index (κ3) is 3.66. The average Bonchev–Trinajstić information content (AvgIpc) is 2.57. The summed E-state index contributed by atoms with van der Waals surface area (Å²) in [5.74, 6) is 1.38. The van der Waals surface area contributed by atoms with E-state index in [-0.39, 0.29) is 0 Å². The Balaban J connectivity index is 1.52. The molecule has 2 aliphatic rings. The van der Waals surface area contributed by atoms with Gasteiger partial charge in [-0.1, -0.05) is 11.6 Å². The molecule has 3 rings (SSSR count). The fraction of sp³-hybridized carbons (Fsp3) is 0.588. The van der Waals surface area contributed by atoms with Crippen LogP contribution in [0.3, 0.4) is 0 Å². The first-order valence-electron chi connectivity index (χ1n) is 8.32. The second-order valence-corrected chi connectivity index (χ2v) is 7.04. The van der Waals surface area contributed by atoms with Crippen LogP contribution in [0.15, 0.2) is 18.2 Å². The summed E-state index contributed by atoms with van der Waals surface area (Å²) in [6, 6.07) is 5.85. The SMILES string of the molecule is Nc1ccc(N2CCC(C3CCN(C(=O)O)CC3)CC2)cc1Cl. The van der Waals surface area contributed by atoms with Crippen molar-refractivity contribution in [2.75, 3.05) is 36.8 Å². The molecule has 0 unspecified atom stereocenters. The molecule has 2 fully saturated rings. The van der Waals surface area contributed by atoms with E-state index in [1.807, 2.05) is 18.2 Å². The van der Waals surface area contributed by atoms with Gasteiger partial charge in [-0.3, -0.25) is 0 Å². The minimum Gasteiger partial charge on any atom is -0.465 e. The largest absolute Gasteiger partial charge is 0.465 e. The van der Waals surface area contributed by atoms with Crippen molar-refractivity contribution in [1.82, 2.24) is 4.90 Å². The molecule has 3 N–H and O–H groups in total. The Hall–Kier alpha value is -1.62. The lowest BCUT2D eigenvalue weighted by Gasteiger charge is -2.40. The number of benzene rings is 1. The van der Waals surface area contributed by atoms with E-state index >= 15 is 0 Å². The number of carbonyl (C=O) groups is 1. The lowest BCUT2D eigenvalue weighted by atomic mass is 9.79. The van der Waals surface area contributed by atoms with E-state index in [1.54, 1.807) is 4.90 Å². The number of hydrogen-bond donors (Lipinski definition) is 2. The van der Waals surface area contributed by atoms with Gasteiger partial charge in [0.25, 0.3) is 0 Å². The summed E-state index contributed by atoms with van der Waals surface area (Å²) in [6.07, 6.45) is 3.56. The first kappa shape index (κ1) is 16.2. The van der Waals surface area contributed by atoms with Gasteiger partial charge in [0.2, 0.25) is 0 Å². The van der Waals surface area contributed by atoms with Gasteiger partial charge in [0, 0.05) is 31.9 Å². The minimum absolute atomic E-state index is 0.616. The van der Waals surface area contributed by atoms with Crippen LogP contribution in [-0.4, -0.2) is 42.3 Å². The second-order valence-electron chi connectivity index (χ2n) is 6.64. The molecule has 0 aromatic heterocycles. The Morgan fingerprint density at radius 3 is 2.17 bits per heavy atom.